The highest BCUT2D eigenvalue weighted by Gasteiger charge is 2.11. The van der Waals surface area contributed by atoms with Gasteiger partial charge in [0.25, 0.3) is 5.91 Å². The maximum Gasteiger partial charge on any atom is 0.253 e. The first-order valence-corrected chi connectivity index (χ1v) is 5.82. The van der Waals surface area contributed by atoms with E-state index in [0.29, 0.717) is 28.0 Å². The first kappa shape index (κ1) is 11.7. The smallest absolute Gasteiger partial charge is 0.253 e. The Balaban J connectivity index is 2.07. The molecular formula is C12H11BrN2O2. The molecule has 5 heteroatoms. The number of anilines is 1. The first-order valence-electron chi connectivity index (χ1n) is 5.03. The lowest BCUT2D eigenvalue weighted by Crippen LogP contribution is -2.23. The van der Waals surface area contributed by atoms with Crippen LogP contribution >= 0.6 is 15.9 Å². The highest BCUT2D eigenvalue weighted by Crippen LogP contribution is 2.22. The van der Waals surface area contributed by atoms with Gasteiger partial charge in [0.1, 0.15) is 5.76 Å². The zero-order chi connectivity index (χ0) is 12.3. The molecule has 0 atom stereocenters. The minimum atomic E-state index is -0.222. The molecule has 0 aliphatic heterocycles. The summed E-state index contributed by atoms with van der Waals surface area (Å²) in [6, 6.07) is 8.80. The van der Waals surface area contributed by atoms with Crippen LogP contribution in [-0.4, -0.2) is 5.91 Å². The van der Waals surface area contributed by atoms with Gasteiger partial charge in [0.2, 0.25) is 0 Å². The van der Waals surface area contributed by atoms with Gasteiger partial charge in [-0.1, -0.05) is 6.07 Å². The number of halogens is 1. The predicted molar refractivity (Wildman–Crippen MR) is 68.4 cm³/mol. The summed E-state index contributed by atoms with van der Waals surface area (Å²) >= 11 is 3.28. The average Bonchev–Trinajstić information content (AvgIpc) is 2.82. The Hall–Kier alpha value is -1.75. The minimum Gasteiger partial charge on any atom is -0.467 e. The molecule has 1 aromatic heterocycles. The highest BCUT2D eigenvalue weighted by molar-refractivity contribution is 9.10. The number of furan rings is 1. The molecule has 17 heavy (non-hydrogen) atoms. The molecule has 1 heterocycles. The van der Waals surface area contributed by atoms with Crippen LogP contribution in [0.2, 0.25) is 0 Å². The molecule has 0 aliphatic carbocycles. The third-order valence-corrected chi connectivity index (χ3v) is 2.99. The fourth-order valence-corrected chi connectivity index (χ4v) is 1.78. The lowest BCUT2D eigenvalue weighted by molar-refractivity contribution is 0.0949. The molecular weight excluding hydrogens is 284 g/mol. The van der Waals surface area contributed by atoms with Gasteiger partial charge in [-0.3, -0.25) is 4.79 Å². The topological polar surface area (TPSA) is 68.3 Å². The summed E-state index contributed by atoms with van der Waals surface area (Å²) in [5.41, 5.74) is 6.69. The van der Waals surface area contributed by atoms with Gasteiger partial charge in [0, 0.05) is 4.47 Å². The third kappa shape index (κ3) is 2.68. The van der Waals surface area contributed by atoms with E-state index in [1.165, 1.54) is 0 Å². The fraction of sp³-hybridized carbons (Fsp3) is 0.0833. The zero-order valence-corrected chi connectivity index (χ0v) is 10.5. The van der Waals surface area contributed by atoms with Crippen molar-refractivity contribution in [2.24, 2.45) is 0 Å². The lowest BCUT2D eigenvalue weighted by atomic mass is 10.1. The summed E-state index contributed by atoms with van der Waals surface area (Å²) in [6.07, 6.45) is 1.56. The molecule has 0 fully saturated rings. The zero-order valence-electron chi connectivity index (χ0n) is 8.94. The van der Waals surface area contributed by atoms with Crippen molar-refractivity contribution in [2.45, 2.75) is 6.54 Å². The van der Waals surface area contributed by atoms with E-state index < -0.39 is 0 Å². The van der Waals surface area contributed by atoms with E-state index in [9.17, 15) is 4.79 Å². The van der Waals surface area contributed by atoms with Gasteiger partial charge in [0.15, 0.2) is 0 Å². The monoisotopic (exact) mass is 294 g/mol. The number of para-hydroxylation sites is 1. The predicted octanol–water partition coefficient (Wildman–Crippen LogP) is 2.55. The van der Waals surface area contributed by atoms with Crippen LogP contribution in [0.3, 0.4) is 0 Å². The fourth-order valence-electron chi connectivity index (χ4n) is 1.41. The summed E-state index contributed by atoms with van der Waals surface area (Å²) < 4.78 is 5.83. The van der Waals surface area contributed by atoms with E-state index in [1.807, 2.05) is 0 Å². The van der Waals surface area contributed by atoms with Crippen LogP contribution in [0.1, 0.15) is 16.1 Å². The van der Waals surface area contributed by atoms with Gasteiger partial charge < -0.3 is 15.5 Å². The lowest BCUT2D eigenvalue weighted by Gasteiger charge is -2.07. The molecule has 4 nitrogen and oxygen atoms in total. The largest absolute Gasteiger partial charge is 0.467 e. The molecule has 88 valence electrons. The summed E-state index contributed by atoms with van der Waals surface area (Å²) in [5.74, 6) is 0.479. The number of hydrogen-bond acceptors (Lipinski definition) is 3. The van der Waals surface area contributed by atoms with Crippen LogP contribution < -0.4 is 11.1 Å². The second-order valence-corrected chi connectivity index (χ2v) is 4.32. The maximum absolute atomic E-state index is 11.9. The molecule has 2 rings (SSSR count). The average molecular weight is 295 g/mol. The third-order valence-electron chi connectivity index (χ3n) is 2.30. The number of nitrogen functional groups attached to an aromatic ring is 1. The molecule has 0 unspecified atom stereocenters. The van der Waals surface area contributed by atoms with Crippen LogP contribution in [0.15, 0.2) is 45.5 Å². The Morgan fingerprint density at radius 1 is 1.35 bits per heavy atom. The Kier molecular flexibility index (Phi) is 3.49. The summed E-state index contributed by atoms with van der Waals surface area (Å²) in [6.45, 7) is 0.345. The number of carbonyl (C=O) groups is 1. The quantitative estimate of drug-likeness (QED) is 0.855. The number of hydrogen-bond donors (Lipinski definition) is 2. The van der Waals surface area contributed by atoms with Crippen molar-refractivity contribution in [3.8, 4) is 0 Å². The van der Waals surface area contributed by atoms with Crippen molar-refractivity contribution in [3.05, 3.63) is 52.4 Å². The minimum absolute atomic E-state index is 0.222. The van der Waals surface area contributed by atoms with Crippen molar-refractivity contribution in [2.75, 3.05) is 5.73 Å². The number of nitrogens with one attached hydrogen (secondary N) is 1. The van der Waals surface area contributed by atoms with Crippen molar-refractivity contribution in [3.63, 3.8) is 0 Å². The van der Waals surface area contributed by atoms with E-state index >= 15 is 0 Å². The Bertz CT molecular complexity index is 523. The van der Waals surface area contributed by atoms with Crippen molar-refractivity contribution >= 4 is 27.5 Å². The molecule has 0 spiro atoms. The molecule has 0 bridgehead atoms. The van der Waals surface area contributed by atoms with Gasteiger partial charge in [-0.25, -0.2) is 0 Å². The second kappa shape index (κ2) is 5.05. The molecule has 0 radical (unpaired) electrons. The van der Waals surface area contributed by atoms with E-state index in [0.717, 1.165) is 0 Å². The maximum atomic E-state index is 11.9. The van der Waals surface area contributed by atoms with Gasteiger partial charge in [-0.15, -0.1) is 0 Å². The number of nitrogens with two attached hydrogens (primary N) is 1. The van der Waals surface area contributed by atoms with Gasteiger partial charge in [-0.05, 0) is 40.2 Å². The number of carbonyl (C=O) groups excluding carboxylic acids is 1. The van der Waals surface area contributed by atoms with E-state index in [1.54, 1.807) is 36.6 Å². The highest BCUT2D eigenvalue weighted by atomic mass is 79.9. The van der Waals surface area contributed by atoms with Crippen molar-refractivity contribution in [1.29, 1.82) is 0 Å². The summed E-state index contributed by atoms with van der Waals surface area (Å²) in [4.78, 5) is 11.9. The number of benzene rings is 1. The van der Waals surface area contributed by atoms with Crippen LogP contribution in [0, 0.1) is 0 Å². The van der Waals surface area contributed by atoms with E-state index in [4.69, 9.17) is 10.2 Å². The Labute approximate surface area is 107 Å². The first-order chi connectivity index (χ1) is 8.18. The Morgan fingerprint density at radius 2 is 2.18 bits per heavy atom. The standard InChI is InChI=1S/C12H11BrN2O2/c13-10-5-1-4-9(11(10)14)12(16)15-7-8-3-2-6-17-8/h1-6H,7,14H2,(H,15,16). The van der Waals surface area contributed by atoms with Gasteiger partial charge >= 0.3 is 0 Å². The van der Waals surface area contributed by atoms with Crippen molar-refractivity contribution < 1.29 is 9.21 Å². The second-order valence-electron chi connectivity index (χ2n) is 3.46. The van der Waals surface area contributed by atoms with Gasteiger partial charge in [0.05, 0.1) is 24.1 Å². The number of amides is 1. The van der Waals surface area contributed by atoms with Gasteiger partial charge in [-0.2, -0.15) is 0 Å². The molecule has 1 amide bonds. The Morgan fingerprint density at radius 3 is 2.88 bits per heavy atom. The van der Waals surface area contributed by atoms with Crippen LogP contribution in [0.25, 0.3) is 0 Å². The van der Waals surface area contributed by atoms with E-state index in [2.05, 4.69) is 21.2 Å². The van der Waals surface area contributed by atoms with Crippen LogP contribution in [-0.2, 0) is 6.54 Å². The number of rotatable bonds is 3. The SMILES string of the molecule is Nc1c(Br)cccc1C(=O)NCc1ccco1. The molecule has 0 aliphatic rings. The van der Waals surface area contributed by atoms with Crippen molar-refractivity contribution in [1.82, 2.24) is 5.32 Å². The van der Waals surface area contributed by atoms with Crippen LogP contribution in [0.4, 0.5) is 5.69 Å². The molecule has 2 aromatic rings. The summed E-state index contributed by atoms with van der Waals surface area (Å²) in [5, 5.41) is 2.74. The van der Waals surface area contributed by atoms with E-state index in [-0.39, 0.29) is 5.91 Å². The molecule has 3 N–H and O–H groups in total. The normalized spacial score (nSPS) is 10.2. The van der Waals surface area contributed by atoms with Crippen LogP contribution in [0.5, 0.6) is 0 Å². The molecule has 0 saturated heterocycles. The summed E-state index contributed by atoms with van der Waals surface area (Å²) in [7, 11) is 0. The molecule has 1 aromatic carbocycles. The molecule has 0 saturated carbocycles.